The smallest absolute Gasteiger partial charge is 0.396 e. The first-order valence-electron chi connectivity index (χ1n) is 6.45. The minimum atomic E-state index is -0.707. The van der Waals surface area contributed by atoms with Gasteiger partial charge in [0.1, 0.15) is 5.83 Å². The lowest BCUT2D eigenvalue weighted by Crippen LogP contribution is -2.04. The Morgan fingerprint density at radius 1 is 1.40 bits per heavy atom. The summed E-state index contributed by atoms with van der Waals surface area (Å²) in [6, 6.07) is -0.0510. The Balaban J connectivity index is 2.81. The van der Waals surface area contributed by atoms with E-state index in [-0.39, 0.29) is 18.5 Å². The molecule has 0 aliphatic rings. The van der Waals surface area contributed by atoms with Crippen LogP contribution in [0.2, 0.25) is 0 Å². The molecule has 0 spiro atoms. The average molecular weight is 283 g/mol. The molecule has 0 radical (unpaired) electrons. The fraction of sp³-hybridized carbons (Fsp3) is 0.462. The molecule has 1 rings (SSSR count). The Hall–Kier alpha value is -2.18. The van der Waals surface area contributed by atoms with Gasteiger partial charge in [0.05, 0.1) is 12.3 Å². The molecular formula is C13H18FN3O3. The van der Waals surface area contributed by atoms with Crippen LogP contribution in [0.15, 0.2) is 28.1 Å². The van der Waals surface area contributed by atoms with Crippen molar-refractivity contribution in [2.24, 2.45) is 0 Å². The number of ether oxygens (including phenoxy) is 1. The normalized spacial score (nSPS) is 12.4. The zero-order valence-electron chi connectivity index (χ0n) is 11.8. The van der Waals surface area contributed by atoms with E-state index in [4.69, 9.17) is 9.15 Å². The van der Waals surface area contributed by atoms with E-state index in [1.807, 2.05) is 6.92 Å². The Morgan fingerprint density at radius 3 is 2.75 bits per heavy atom. The van der Waals surface area contributed by atoms with Crippen molar-refractivity contribution in [1.29, 1.82) is 0 Å². The summed E-state index contributed by atoms with van der Waals surface area (Å²) in [4.78, 5) is 11.3. The van der Waals surface area contributed by atoms with Crippen LogP contribution in [0.1, 0.15) is 44.3 Å². The fourth-order valence-electron chi connectivity index (χ4n) is 1.32. The van der Waals surface area contributed by atoms with E-state index in [0.717, 1.165) is 6.42 Å². The Labute approximate surface area is 116 Å². The molecule has 20 heavy (non-hydrogen) atoms. The van der Waals surface area contributed by atoms with Crippen molar-refractivity contribution in [2.75, 3.05) is 11.9 Å². The number of nitrogens with one attached hydrogen (secondary N) is 1. The summed E-state index contributed by atoms with van der Waals surface area (Å²) in [5, 5.41) is 9.80. The molecule has 0 unspecified atom stereocenters. The number of aromatic nitrogens is 2. The van der Waals surface area contributed by atoms with Crippen LogP contribution in [0.25, 0.3) is 0 Å². The number of esters is 1. The van der Waals surface area contributed by atoms with Crippen LogP contribution >= 0.6 is 0 Å². The predicted octanol–water partition coefficient (Wildman–Crippen LogP) is 3.22. The zero-order chi connectivity index (χ0) is 15.0. The summed E-state index contributed by atoms with van der Waals surface area (Å²) in [6.07, 6.45) is 4.22. The van der Waals surface area contributed by atoms with E-state index in [2.05, 4.69) is 15.5 Å². The van der Waals surface area contributed by atoms with Gasteiger partial charge in [0.2, 0.25) is 0 Å². The molecular weight excluding hydrogens is 265 g/mol. The molecule has 0 fully saturated rings. The summed E-state index contributed by atoms with van der Waals surface area (Å²) in [5.41, 5.74) is 0.300. The number of carbonyl (C=O) groups excluding carboxylic acids is 1. The molecule has 1 heterocycles. The molecule has 0 atom stereocenters. The van der Waals surface area contributed by atoms with Crippen LogP contribution in [0.5, 0.6) is 0 Å². The quantitative estimate of drug-likeness (QED) is 0.611. The van der Waals surface area contributed by atoms with Crippen LogP contribution in [0.3, 0.4) is 0 Å². The van der Waals surface area contributed by atoms with Crippen LogP contribution in [0, 0.1) is 0 Å². The summed E-state index contributed by atoms with van der Waals surface area (Å²) in [5.74, 6) is -1.39. The first-order valence-corrected chi connectivity index (χ1v) is 6.45. The van der Waals surface area contributed by atoms with Gasteiger partial charge in [-0.05, 0) is 25.8 Å². The van der Waals surface area contributed by atoms with Gasteiger partial charge in [-0.1, -0.05) is 30.1 Å². The standard InChI is InChI=1S/C13H18FN3O3/c1-4-7-8-9(14)10(5-2)15-13-17-16-11(20-13)12(18)19-6-3/h7-8H,4-6H2,1-3H3,(H,15,17)/b8-7-,10-9-. The number of rotatable bonds is 7. The second-order valence-electron chi connectivity index (χ2n) is 3.75. The lowest BCUT2D eigenvalue weighted by Gasteiger charge is -2.04. The summed E-state index contributed by atoms with van der Waals surface area (Å²) in [6.45, 7) is 5.57. The van der Waals surface area contributed by atoms with E-state index >= 15 is 0 Å². The van der Waals surface area contributed by atoms with Crippen molar-refractivity contribution >= 4 is 12.0 Å². The number of nitrogens with zero attached hydrogens (tertiary/aromatic N) is 2. The maximum absolute atomic E-state index is 13.8. The first-order chi connectivity index (χ1) is 9.62. The summed E-state index contributed by atoms with van der Waals surface area (Å²) < 4.78 is 23.5. The number of halogens is 1. The summed E-state index contributed by atoms with van der Waals surface area (Å²) >= 11 is 0. The van der Waals surface area contributed by atoms with Gasteiger partial charge in [0, 0.05) is 0 Å². The lowest BCUT2D eigenvalue weighted by atomic mass is 10.2. The van der Waals surface area contributed by atoms with Crippen molar-refractivity contribution in [1.82, 2.24) is 10.2 Å². The third-order valence-electron chi connectivity index (χ3n) is 2.27. The van der Waals surface area contributed by atoms with Gasteiger partial charge in [-0.3, -0.25) is 0 Å². The largest absolute Gasteiger partial charge is 0.459 e. The highest BCUT2D eigenvalue weighted by molar-refractivity contribution is 5.84. The maximum atomic E-state index is 13.8. The predicted molar refractivity (Wildman–Crippen MR) is 71.7 cm³/mol. The van der Waals surface area contributed by atoms with Crippen LogP contribution in [-0.2, 0) is 4.74 Å². The minimum absolute atomic E-state index is 0.0510. The molecule has 1 aromatic rings. The van der Waals surface area contributed by atoms with Crippen LogP contribution in [0.4, 0.5) is 10.4 Å². The lowest BCUT2D eigenvalue weighted by molar-refractivity contribution is 0.0481. The highest BCUT2D eigenvalue weighted by Gasteiger charge is 2.16. The van der Waals surface area contributed by atoms with Gasteiger partial charge >= 0.3 is 17.9 Å². The zero-order valence-corrected chi connectivity index (χ0v) is 11.8. The Morgan fingerprint density at radius 2 is 2.15 bits per heavy atom. The molecule has 0 aromatic carbocycles. The molecule has 7 heteroatoms. The van der Waals surface area contributed by atoms with E-state index in [1.165, 1.54) is 6.08 Å². The van der Waals surface area contributed by atoms with Gasteiger partial charge in [-0.2, -0.15) is 0 Å². The maximum Gasteiger partial charge on any atom is 0.396 e. The minimum Gasteiger partial charge on any atom is -0.459 e. The van der Waals surface area contributed by atoms with E-state index < -0.39 is 11.8 Å². The highest BCUT2D eigenvalue weighted by atomic mass is 19.1. The van der Waals surface area contributed by atoms with E-state index in [1.54, 1.807) is 19.9 Å². The molecule has 0 bridgehead atoms. The van der Waals surface area contributed by atoms with Crippen molar-refractivity contribution in [2.45, 2.75) is 33.6 Å². The number of anilines is 1. The average Bonchev–Trinajstić information content (AvgIpc) is 2.91. The molecule has 0 amide bonds. The fourth-order valence-corrected chi connectivity index (χ4v) is 1.32. The third kappa shape index (κ3) is 4.49. The number of hydrogen-bond acceptors (Lipinski definition) is 6. The van der Waals surface area contributed by atoms with Crippen LogP contribution < -0.4 is 5.32 Å². The highest BCUT2D eigenvalue weighted by Crippen LogP contribution is 2.16. The molecule has 0 saturated carbocycles. The number of hydrogen-bond donors (Lipinski definition) is 1. The van der Waals surface area contributed by atoms with Crippen molar-refractivity contribution in [3.8, 4) is 0 Å². The van der Waals surface area contributed by atoms with Crippen molar-refractivity contribution in [3.63, 3.8) is 0 Å². The molecule has 110 valence electrons. The summed E-state index contributed by atoms with van der Waals surface area (Å²) in [7, 11) is 0. The first kappa shape index (κ1) is 15.9. The second-order valence-corrected chi connectivity index (χ2v) is 3.75. The van der Waals surface area contributed by atoms with E-state index in [9.17, 15) is 9.18 Å². The molecule has 1 aromatic heterocycles. The third-order valence-corrected chi connectivity index (χ3v) is 2.27. The van der Waals surface area contributed by atoms with Gasteiger partial charge in [-0.15, -0.1) is 0 Å². The second kappa shape index (κ2) is 8.08. The number of allylic oxidation sites excluding steroid dienone is 4. The molecule has 1 N–H and O–H groups in total. The van der Waals surface area contributed by atoms with Crippen LogP contribution in [-0.4, -0.2) is 22.8 Å². The van der Waals surface area contributed by atoms with Gasteiger partial charge < -0.3 is 14.5 Å². The Kier molecular flexibility index (Phi) is 6.42. The van der Waals surface area contributed by atoms with Gasteiger partial charge in [0.15, 0.2) is 0 Å². The van der Waals surface area contributed by atoms with E-state index in [0.29, 0.717) is 12.1 Å². The van der Waals surface area contributed by atoms with Gasteiger partial charge in [0.25, 0.3) is 0 Å². The van der Waals surface area contributed by atoms with Crippen molar-refractivity contribution in [3.05, 3.63) is 29.6 Å². The Bertz CT molecular complexity index is 509. The molecule has 0 aliphatic carbocycles. The van der Waals surface area contributed by atoms with Gasteiger partial charge in [-0.25, -0.2) is 9.18 Å². The molecule has 0 aliphatic heterocycles. The molecule has 0 saturated heterocycles. The topological polar surface area (TPSA) is 77.2 Å². The molecule has 6 nitrogen and oxygen atoms in total. The SMILES string of the molecule is CC/C=C\C(F)=C(/CC)Nc1nnc(C(=O)OCC)o1. The number of carbonyl (C=O) groups is 1. The van der Waals surface area contributed by atoms with Crippen molar-refractivity contribution < 1.29 is 18.3 Å². The monoisotopic (exact) mass is 283 g/mol.